The number of rotatable bonds is 3. The number of ether oxygens (including phenoxy) is 1. The summed E-state index contributed by atoms with van der Waals surface area (Å²) < 4.78 is 5.27. The van der Waals surface area contributed by atoms with Gasteiger partial charge in [-0.25, -0.2) is 4.79 Å². The Labute approximate surface area is 175 Å². The smallest absolute Gasteiger partial charge is 0.315 e. The highest BCUT2D eigenvalue weighted by Crippen LogP contribution is 2.39. The lowest BCUT2D eigenvalue weighted by atomic mass is 9.86. The first-order valence-corrected chi connectivity index (χ1v) is 10.0. The Morgan fingerprint density at radius 2 is 1.80 bits per heavy atom. The van der Waals surface area contributed by atoms with Gasteiger partial charge < -0.3 is 20.4 Å². The molecule has 5 heteroatoms. The van der Waals surface area contributed by atoms with Crippen LogP contribution in [0.2, 0.25) is 0 Å². The average Bonchev–Trinajstić information content (AvgIpc) is 3.21. The van der Waals surface area contributed by atoms with E-state index in [9.17, 15) is 4.79 Å². The van der Waals surface area contributed by atoms with Crippen LogP contribution in [0.1, 0.15) is 22.7 Å². The van der Waals surface area contributed by atoms with Gasteiger partial charge in [-0.15, -0.1) is 0 Å². The third kappa shape index (κ3) is 2.99. The van der Waals surface area contributed by atoms with Gasteiger partial charge in [-0.1, -0.05) is 48.5 Å². The number of aromatic amines is 1. The minimum absolute atomic E-state index is 0.202. The van der Waals surface area contributed by atoms with E-state index < -0.39 is 6.03 Å². The number of nitrogens with two attached hydrogens (primary N) is 1. The van der Waals surface area contributed by atoms with Crippen molar-refractivity contribution in [3.8, 4) is 16.9 Å². The number of hydrogen-bond donors (Lipinski definition) is 2. The van der Waals surface area contributed by atoms with Crippen LogP contribution in [0, 0.1) is 0 Å². The van der Waals surface area contributed by atoms with Crippen molar-refractivity contribution in [3.05, 3.63) is 89.6 Å². The lowest BCUT2D eigenvalue weighted by Crippen LogP contribution is -2.43. The molecule has 0 spiro atoms. The van der Waals surface area contributed by atoms with Gasteiger partial charge in [-0.3, -0.25) is 0 Å². The Balaban J connectivity index is 1.61. The van der Waals surface area contributed by atoms with Crippen molar-refractivity contribution in [1.29, 1.82) is 0 Å². The van der Waals surface area contributed by atoms with E-state index in [4.69, 9.17) is 10.5 Å². The highest BCUT2D eigenvalue weighted by molar-refractivity contribution is 5.85. The number of nitrogens with one attached hydrogen (secondary N) is 1. The van der Waals surface area contributed by atoms with Gasteiger partial charge >= 0.3 is 6.03 Å². The molecule has 3 aromatic carbocycles. The Morgan fingerprint density at radius 3 is 2.57 bits per heavy atom. The van der Waals surface area contributed by atoms with Crippen molar-refractivity contribution in [3.63, 3.8) is 0 Å². The number of carbonyl (C=O) groups is 1. The molecule has 0 radical (unpaired) electrons. The van der Waals surface area contributed by atoms with Gasteiger partial charge in [-0.2, -0.15) is 0 Å². The number of methoxy groups -OCH3 is 1. The SMILES string of the molecule is COc1ccc(-c2ccc3c(c2)CCN(C(N)=O)C3c2c[nH]c3ccccc23)cc1. The highest BCUT2D eigenvalue weighted by atomic mass is 16.5. The Kier molecular flexibility index (Phi) is 4.43. The molecule has 1 aliphatic rings. The molecule has 1 aliphatic heterocycles. The maximum atomic E-state index is 12.3. The third-order valence-electron chi connectivity index (χ3n) is 5.99. The molecule has 4 aromatic rings. The van der Waals surface area contributed by atoms with Crippen molar-refractivity contribution in [1.82, 2.24) is 9.88 Å². The highest BCUT2D eigenvalue weighted by Gasteiger charge is 2.32. The largest absolute Gasteiger partial charge is 0.497 e. The van der Waals surface area contributed by atoms with Gasteiger partial charge in [0.25, 0.3) is 0 Å². The average molecular weight is 397 g/mol. The zero-order chi connectivity index (χ0) is 20.7. The van der Waals surface area contributed by atoms with Crippen molar-refractivity contribution in [2.45, 2.75) is 12.5 Å². The van der Waals surface area contributed by atoms with Crippen LogP contribution in [0.3, 0.4) is 0 Å². The number of primary amides is 1. The van der Waals surface area contributed by atoms with Crippen molar-refractivity contribution < 1.29 is 9.53 Å². The van der Waals surface area contributed by atoms with Crippen LogP contribution in [-0.2, 0) is 6.42 Å². The van der Waals surface area contributed by atoms with Crippen LogP contribution in [0.25, 0.3) is 22.0 Å². The van der Waals surface area contributed by atoms with Crippen molar-refractivity contribution >= 4 is 16.9 Å². The zero-order valence-corrected chi connectivity index (χ0v) is 16.8. The maximum Gasteiger partial charge on any atom is 0.315 e. The number of aromatic nitrogens is 1. The van der Waals surface area contributed by atoms with E-state index >= 15 is 0 Å². The molecule has 1 aromatic heterocycles. The fraction of sp³-hybridized carbons (Fsp3) is 0.160. The molecule has 0 fully saturated rings. The Bertz CT molecular complexity index is 1230. The lowest BCUT2D eigenvalue weighted by Gasteiger charge is -2.36. The van der Waals surface area contributed by atoms with Gasteiger partial charge in [0.05, 0.1) is 13.2 Å². The number of H-pyrrole nitrogens is 1. The number of hydrogen-bond acceptors (Lipinski definition) is 2. The molecule has 30 heavy (non-hydrogen) atoms. The lowest BCUT2D eigenvalue weighted by molar-refractivity contribution is 0.190. The first kappa shape index (κ1) is 18.3. The molecular weight excluding hydrogens is 374 g/mol. The van der Waals surface area contributed by atoms with E-state index in [0.717, 1.165) is 45.3 Å². The van der Waals surface area contributed by atoms with Crippen molar-refractivity contribution in [2.75, 3.05) is 13.7 Å². The molecule has 5 nitrogen and oxygen atoms in total. The summed E-state index contributed by atoms with van der Waals surface area (Å²) >= 11 is 0. The quantitative estimate of drug-likeness (QED) is 0.518. The molecule has 0 saturated heterocycles. The summed E-state index contributed by atoms with van der Waals surface area (Å²) in [6, 6.07) is 22.1. The number of benzene rings is 3. The minimum atomic E-state index is -0.393. The van der Waals surface area contributed by atoms with Crippen LogP contribution in [0.5, 0.6) is 5.75 Å². The van der Waals surface area contributed by atoms with E-state index in [0.29, 0.717) is 6.54 Å². The van der Waals surface area contributed by atoms with E-state index in [2.05, 4.69) is 41.4 Å². The van der Waals surface area contributed by atoms with Crippen LogP contribution in [0.15, 0.2) is 72.9 Å². The molecule has 2 heterocycles. The predicted molar refractivity (Wildman–Crippen MR) is 119 cm³/mol. The predicted octanol–water partition coefficient (Wildman–Crippen LogP) is 4.87. The molecule has 0 bridgehead atoms. The number of nitrogens with zero attached hydrogens (tertiary/aromatic N) is 1. The van der Waals surface area contributed by atoms with E-state index in [1.165, 1.54) is 5.56 Å². The number of carbonyl (C=O) groups excluding carboxylic acids is 1. The molecule has 1 unspecified atom stereocenters. The summed E-state index contributed by atoms with van der Waals surface area (Å²) in [6.45, 7) is 0.596. The summed E-state index contributed by atoms with van der Waals surface area (Å²) in [4.78, 5) is 17.4. The Hall–Kier alpha value is -3.73. The normalized spacial score (nSPS) is 15.8. The molecule has 5 rings (SSSR count). The van der Waals surface area contributed by atoms with E-state index in [1.807, 2.05) is 36.5 Å². The number of amides is 2. The second-order valence-electron chi connectivity index (χ2n) is 7.62. The fourth-order valence-electron chi connectivity index (χ4n) is 4.48. The van der Waals surface area contributed by atoms with E-state index in [-0.39, 0.29) is 6.04 Å². The van der Waals surface area contributed by atoms with Crippen LogP contribution in [0.4, 0.5) is 4.79 Å². The van der Waals surface area contributed by atoms with Gasteiger partial charge in [0.1, 0.15) is 5.75 Å². The first-order valence-electron chi connectivity index (χ1n) is 10.0. The molecular formula is C25H23N3O2. The Morgan fingerprint density at radius 1 is 1.03 bits per heavy atom. The topological polar surface area (TPSA) is 71.3 Å². The van der Waals surface area contributed by atoms with E-state index in [1.54, 1.807) is 12.0 Å². The second kappa shape index (κ2) is 7.26. The first-order chi connectivity index (χ1) is 14.7. The molecule has 0 aliphatic carbocycles. The molecule has 2 amide bonds. The standard InChI is InChI=1S/C25H23N3O2/c1-30-19-9-6-16(7-10-19)17-8-11-20-18(14-17)12-13-28(25(26)29)24(20)22-15-27-23-5-3-2-4-21(22)23/h2-11,14-15,24,27H,12-13H2,1H3,(H2,26,29). The van der Waals surface area contributed by atoms with Gasteiger partial charge in [-0.05, 0) is 46.9 Å². The third-order valence-corrected chi connectivity index (χ3v) is 5.99. The molecule has 0 saturated carbocycles. The maximum absolute atomic E-state index is 12.3. The summed E-state index contributed by atoms with van der Waals surface area (Å²) in [5.74, 6) is 0.841. The monoisotopic (exact) mass is 397 g/mol. The van der Waals surface area contributed by atoms with Crippen LogP contribution < -0.4 is 10.5 Å². The summed E-state index contributed by atoms with van der Waals surface area (Å²) in [5, 5.41) is 1.11. The van der Waals surface area contributed by atoms with Gasteiger partial charge in [0.2, 0.25) is 0 Å². The summed E-state index contributed by atoms with van der Waals surface area (Å²) in [5.41, 5.74) is 12.6. The minimum Gasteiger partial charge on any atom is -0.497 e. The second-order valence-corrected chi connectivity index (χ2v) is 7.62. The number of urea groups is 1. The molecule has 3 N–H and O–H groups in total. The van der Waals surface area contributed by atoms with Crippen molar-refractivity contribution in [2.24, 2.45) is 5.73 Å². The van der Waals surface area contributed by atoms with Crippen LogP contribution in [-0.4, -0.2) is 29.6 Å². The number of para-hydroxylation sites is 1. The summed E-state index contributed by atoms with van der Waals surface area (Å²) in [7, 11) is 1.67. The summed E-state index contributed by atoms with van der Waals surface area (Å²) in [6.07, 6.45) is 2.78. The molecule has 150 valence electrons. The van der Waals surface area contributed by atoms with Gasteiger partial charge in [0.15, 0.2) is 0 Å². The molecule has 1 atom stereocenters. The zero-order valence-electron chi connectivity index (χ0n) is 16.8. The van der Waals surface area contributed by atoms with Gasteiger partial charge in [0, 0.05) is 29.2 Å². The van der Waals surface area contributed by atoms with Crippen LogP contribution >= 0.6 is 0 Å². The number of fused-ring (bicyclic) bond motifs is 2. The fourth-order valence-corrected chi connectivity index (χ4v) is 4.48.